The predicted molar refractivity (Wildman–Crippen MR) is 130 cm³/mol. The van der Waals surface area contributed by atoms with Gasteiger partial charge >= 0.3 is 12.0 Å². The van der Waals surface area contributed by atoms with Crippen molar-refractivity contribution in [3.63, 3.8) is 0 Å². The van der Waals surface area contributed by atoms with E-state index >= 15 is 0 Å². The lowest BCUT2D eigenvalue weighted by Crippen LogP contribution is -2.39. The molecule has 0 heterocycles. The largest absolute Gasteiger partial charge is 0.495 e. The summed E-state index contributed by atoms with van der Waals surface area (Å²) in [5, 5.41) is 12.2. The molecule has 8 heteroatoms. The number of anilines is 1. The third-order valence-corrected chi connectivity index (χ3v) is 5.68. The van der Waals surface area contributed by atoms with Crippen molar-refractivity contribution in [3.05, 3.63) is 53.6 Å². The Bertz CT molecular complexity index is 958. The highest BCUT2D eigenvalue weighted by Gasteiger charge is 2.27. The topological polar surface area (TPSA) is 97.3 Å². The van der Waals surface area contributed by atoms with Gasteiger partial charge in [0, 0.05) is 19.6 Å². The molecule has 1 saturated carbocycles. The molecule has 0 bridgehead atoms. The van der Waals surface area contributed by atoms with E-state index in [-0.39, 0.29) is 6.03 Å². The van der Waals surface area contributed by atoms with E-state index in [4.69, 9.17) is 14.2 Å². The maximum Gasteiger partial charge on any atom is 0.333 e. The maximum absolute atomic E-state index is 13.0. The number of aliphatic carboxylic acids is 1. The second-order valence-corrected chi connectivity index (χ2v) is 8.50. The summed E-state index contributed by atoms with van der Waals surface area (Å²) in [4.78, 5) is 26.1. The van der Waals surface area contributed by atoms with Gasteiger partial charge in [0.15, 0.2) is 6.10 Å². The molecule has 8 nitrogen and oxygen atoms in total. The first-order valence-electron chi connectivity index (χ1n) is 11.7. The van der Waals surface area contributed by atoms with Crippen LogP contribution in [-0.2, 0) is 16.0 Å². The molecule has 2 aromatic carbocycles. The van der Waals surface area contributed by atoms with E-state index in [1.165, 1.54) is 0 Å². The van der Waals surface area contributed by atoms with Crippen LogP contribution in [0.5, 0.6) is 11.5 Å². The standard InChI is InChI=1S/C26H34N2O6/c1-4-33-24(25(29)30)16-19-8-10-21(11-9-19)34-14-13-28(17-20-6-7-20)26(31)27-22-15-18(2)5-12-23(22)32-3/h5,8-12,15,20,24H,4,6-7,13-14,16-17H2,1-3H3,(H,27,31)(H,29,30). The number of carboxylic acid groups (broad SMARTS) is 1. The highest BCUT2D eigenvalue weighted by Crippen LogP contribution is 2.30. The number of nitrogens with zero attached hydrogens (tertiary/aromatic N) is 1. The molecule has 1 atom stereocenters. The molecule has 0 radical (unpaired) electrons. The number of nitrogens with one attached hydrogen (secondary N) is 1. The summed E-state index contributed by atoms with van der Waals surface area (Å²) >= 11 is 0. The second-order valence-electron chi connectivity index (χ2n) is 8.50. The number of rotatable bonds is 13. The Morgan fingerprint density at radius 3 is 2.53 bits per heavy atom. The monoisotopic (exact) mass is 470 g/mol. The van der Waals surface area contributed by atoms with Crippen LogP contribution in [0, 0.1) is 12.8 Å². The fourth-order valence-corrected chi connectivity index (χ4v) is 3.63. The molecule has 0 aliphatic heterocycles. The van der Waals surface area contributed by atoms with Gasteiger partial charge in [-0.25, -0.2) is 9.59 Å². The second kappa shape index (κ2) is 12.3. The van der Waals surface area contributed by atoms with Crippen LogP contribution in [0.15, 0.2) is 42.5 Å². The van der Waals surface area contributed by atoms with Crippen LogP contribution >= 0.6 is 0 Å². The number of hydrogen-bond acceptors (Lipinski definition) is 5. The van der Waals surface area contributed by atoms with Crippen molar-refractivity contribution < 1.29 is 28.9 Å². The lowest BCUT2D eigenvalue weighted by molar-refractivity contribution is -0.149. The summed E-state index contributed by atoms with van der Waals surface area (Å²) in [5.74, 6) is 0.853. The lowest BCUT2D eigenvalue weighted by Gasteiger charge is -2.24. The van der Waals surface area contributed by atoms with Crippen LogP contribution in [0.25, 0.3) is 0 Å². The number of methoxy groups -OCH3 is 1. The van der Waals surface area contributed by atoms with Crippen molar-refractivity contribution in [2.24, 2.45) is 5.92 Å². The summed E-state index contributed by atoms with van der Waals surface area (Å²) < 4.78 is 16.5. The number of urea groups is 1. The van der Waals surface area contributed by atoms with Crippen LogP contribution in [0.2, 0.25) is 0 Å². The highest BCUT2D eigenvalue weighted by atomic mass is 16.5. The predicted octanol–water partition coefficient (Wildman–Crippen LogP) is 4.36. The Labute approximate surface area is 200 Å². The Balaban J connectivity index is 1.54. The normalized spacial score (nSPS) is 13.7. The summed E-state index contributed by atoms with van der Waals surface area (Å²) in [6.07, 6.45) is 1.71. The van der Waals surface area contributed by atoms with Crippen LogP contribution in [0.1, 0.15) is 30.9 Å². The summed E-state index contributed by atoms with van der Waals surface area (Å²) in [6, 6.07) is 12.8. The van der Waals surface area contributed by atoms with Crippen molar-refractivity contribution in [3.8, 4) is 11.5 Å². The molecule has 34 heavy (non-hydrogen) atoms. The smallest absolute Gasteiger partial charge is 0.333 e. The molecule has 3 rings (SSSR count). The van der Waals surface area contributed by atoms with Crippen molar-refractivity contribution in [2.45, 2.75) is 39.2 Å². The number of carboxylic acids is 1. The van der Waals surface area contributed by atoms with Gasteiger partial charge < -0.3 is 29.5 Å². The van der Waals surface area contributed by atoms with Crippen molar-refractivity contribution >= 4 is 17.7 Å². The van der Waals surface area contributed by atoms with E-state index in [9.17, 15) is 14.7 Å². The van der Waals surface area contributed by atoms with Crippen LogP contribution < -0.4 is 14.8 Å². The molecule has 0 saturated heterocycles. The molecule has 1 fully saturated rings. The Hall–Kier alpha value is -3.26. The first-order valence-corrected chi connectivity index (χ1v) is 11.7. The zero-order chi connectivity index (χ0) is 24.5. The molecule has 2 aromatic rings. The molecule has 184 valence electrons. The third-order valence-electron chi connectivity index (χ3n) is 5.68. The van der Waals surface area contributed by atoms with Crippen molar-refractivity contribution in [1.29, 1.82) is 0 Å². The number of amides is 2. The Morgan fingerprint density at radius 2 is 1.91 bits per heavy atom. The molecule has 0 spiro atoms. The number of hydrogen-bond donors (Lipinski definition) is 2. The van der Waals surface area contributed by atoms with Crippen molar-refractivity contribution in [2.75, 3.05) is 38.7 Å². The number of ether oxygens (including phenoxy) is 3. The van der Waals surface area contributed by atoms with Gasteiger partial charge in [0.1, 0.15) is 18.1 Å². The molecular weight excluding hydrogens is 436 g/mol. The number of carbonyl (C=O) groups is 2. The minimum Gasteiger partial charge on any atom is -0.495 e. The molecular formula is C26H34N2O6. The van der Waals surface area contributed by atoms with E-state index in [1.807, 2.05) is 49.4 Å². The minimum atomic E-state index is -0.973. The van der Waals surface area contributed by atoms with Gasteiger partial charge in [-0.1, -0.05) is 18.2 Å². The average molecular weight is 471 g/mol. The van der Waals surface area contributed by atoms with Gasteiger partial charge in [-0.15, -0.1) is 0 Å². The number of aryl methyl sites for hydroxylation is 1. The fourth-order valence-electron chi connectivity index (χ4n) is 3.63. The first-order chi connectivity index (χ1) is 16.4. The van der Waals surface area contributed by atoms with E-state index in [0.717, 1.165) is 24.0 Å². The van der Waals surface area contributed by atoms with Gasteiger partial charge in [-0.3, -0.25) is 0 Å². The number of carbonyl (C=O) groups excluding carboxylic acids is 1. The van der Waals surface area contributed by atoms with Gasteiger partial charge in [0.05, 0.1) is 19.3 Å². The number of benzene rings is 2. The lowest BCUT2D eigenvalue weighted by atomic mass is 10.1. The van der Waals surface area contributed by atoms with Gasteiger partial charge in [-0.05, 0) is 68.0 Å². The third kappa shape index (κ3) is 7.66. The van der Waals surface area contributed by atoms with E-state index in [0.29, 0.717) is 55.8 Å². The Kier molecular flexibility index (Phi) is 9.16. The van der Waals surface area contributed by atoms with E-state index in [1.54, 1.807) is 18.9 Å². The molecule has 2 amide bonds. The summed E-state index contributed by atoms with van der Waals surface area (Å²) in [6.45, 7) is 5.58. The quantitative estimate of drug-likeness (QED) is 0.452. The summed E-state index contributed by atoms with van der Waals surface area (Å²) in [5.41, 5.74) is 2.54. The van der Waals surface area contributed by atoms with Crippen molar-refractivity contribution in [1.82, 2.24) is 4.90 Å². The van der Waals surface area contributed by atoms with E-state index < -0.39 is 12.1 Å². The van der Waals surface area contributed by atoms with Gasteiger partial charge in [0.2, 0.25) is 0 Å². The highest BCUT2D eigenvalue weighted by molar-refractivity contribution is 5.91. The SMILES string of the molecule is CCOC(Cc1ccc(OCCN(CC2CC2)C(=O)Nc2cc(C)ccc2OC)cc1)C(=O)O. The first kappa shape index (κ1) is 25.4. The molecule has 1 aliphatic carbocycles. The Morgan fingerprint density at radius 1 is 1.18 bits per heavy atom. The zero-order valence-electron chi connectivity index (χ0n) is 20.1. The molecule has 0 aromatic heterocycles. The maximum atomic E-state index is 13.0. The van der Waals surface area contributed by atoms with Crippen LogP contribution in [0.4, 0.5) is 10.5 Å². The molecule has 1 aliphatic rings. The summed E-state index contributed by atoms with van der Waals surface area (Å²) in [7, 11) is 1.58. The van der Waals surface area contributed by atoms with Crippen LogP contribution in [-0.4, -0.2) is 61.5 Å². The van der Waals surface area contributed by atoms with Crippen LogP contribution in [0.3, 0.4) is 0 Å². The van der Waals surface area contributed by atoms with Gasteiger partial charge in [-0.2, -0.15) is 0 Å². The minimum absolute atomic E-state index is 0.176. The fraction of sp³-hybridized carbons (Fsp3) is 0.462. The van der Waals surface area contributed by atoms with Gasteiger partial charge in [0.25, 0.3) is 0 Å². The van der Waals surface area contributed by atoms with E-state index in [2.05, 4.69) is 5.32 Å². The molecule has 1 unspecified atom stereocenters. The average Bonchev–Trinajstić information content (AvgIpc) is 3.63. The molecule has 2 N–H and O–H groups in total. The zero-order valence-corrected chi connectivity index (χ0v) is 20.1.